The van der Waals surface area contributed by atoms with Crippen molar-refractivity contribution in [2.75, 3.05) is 24.7 Å². The Bertz CT molecular complexity index is 1280. The van der Waals surface area contributed by atoms with Gasteiger partial charge in [-0.1, -0.05) is 12.1 Å². The zero-order valence-corrected chi connectivity index (χ0v) is 21.0. The molecule has 1 amide bonds. The summed E-state index contributed by atoms with van der Waals surface area (Å²) >= 11 is 1.53. The number of hydrogen-bond donors (Lipinski definition) is 3. The second-order valence-electron chi connectivity index (χ2n) is 9.76. The van der Waals surface area contributed by atoms with E-state index in [9.17, 15) is 9.90 Å². The van der Waals surface area contributed by atoms with Gasteiger partial charge in [-0.05, 0) is 43.9 Å². The van der Waals surface area contributed by atoms with Gasteiger partial charge in [-0.3, -0.25) is 9.69 Å². The number of carbonyl (C=O) groups excluding carboxylic acids is 1. The summed E-state index contributed by atoms with van der Waals surface area (Å²) < 4.78 is 5.25. The van der Waals surface area contributed by atoms with Crippen LogP contribution in [-0.4, -0.2) is 68.4 Å². The Morgan fingerprint density at radius 2 is 2.06 bits per heavy atom. The molecule has 0 spiro atoms. The number of nitrogens with one attached hydrogen (secondary N) is 2. The molecule has 10 heteroatoms. The maximum Gasteiger partial charge on any atom is 0.235 e. The van der Waals surface area contributed by atoms with Crippen molar-refractivity contribution in [1.82, 2.24) is 25.2 Å². The number of rotatable bonds is 7. The average Bonchev–Trinajstić information content (AvgIpc) is 3.12. The second-order valence-corrected chi connectivity index (χ2v) is 10.8. The molecule has 3 aliphatic heterocycles. The van der Waals surface area contributed by atoms with Crippen molar-refractivity contribution < 1.29 is 14.6 Å². The molecule has 188 valence electrons. The van der Waals surface area contributed by atoms with E-state index in [4.69, 9.17) is 4.74 Å². The summed E-state index contributed by atoms with van der Waals surface area (Å²) in [6.45, 7) is 1.26. The van der Waals surface area contributed by atoms with Crippen molar-refractivity contribution in [2.45, 2.75) is 61.4 Å². The molecule has 3 aliphatic rings. The molecule has 36 heavy (non-hydrogen) atoms. The first kappa shape index (κ1) is 23.6. The molecule has 1 aromatic carbocycles. The quantitative estimate of drug-likeness (QED) is 0.445. The maximum absolute atomic E-state index is 11.7. The summed E-state index contributed by atoms with van der Waals surface area (Å²) in [5.74, 6) is 1.58. The molecule has 9 nitrogen and oxygen atoms in total. The van der Waals surface area contributed by atoms with Gasteiger partial charge in [0, 0.05) is 36.8 Å². The molecule has 3 unspecified atom stereocenters. The zero-order valence-electron chi connectivity index (χ0n) is 20.2. The van der Waals surface area contributed by atoms with Gasteiger partial charge in [-0.25, -0.2) is 15.0 Å². The summed E-state index contributed by atoms with van der Waals surface area (Å²) in [6, 6.07) is 11.1. The van der Waals surface area contributed by atoms with E-state index >= 15 is 0 Å². The van der Waals surface area contributed by atoms with Gasteiger partial charge in [0.25, 0.3) is 0 Å². The third-order valence-electron chi connectivity index (χ3n) is 7.52. The Balaban J connectivity index is 1.09. The highest BCUT2D eigenvalue weighted by Gasteiger charge is 2.41. The topological polar surface area (TPSA) is 113 Å². The molecule has 0 aliphatic carbocycles. The molecule has 3 N–H and O–H groups in total. The number of ether oxygens (including phenoxy) is 1. The number of anilines is 1. The number of para-hydroxylation sites is 1. The fraction of sp³-hybridized carbons (Fsp3) is 0.462. The van der Waals surface area contributed by atoms with Crippen molar-refractivity contribution in [3.05, 3.63) is 47.8 Å². The largest absolute Gasteiger partial charge is 0.480 e. The summed E-state index contributed by atoms with van der Waals surface area (Å²) in [4.78, 5) is 28.8. The lowest BCUT2D eigenvalue weighted by molar-refractivity contribution is -0.113. The first-order chi connectivity index (χ1) is 17.6. The monoisotopic (exact) mass is 506 g/mol. The Morgan fingerprint density at radius 1 is 1.22 bits per heavy atom. The Hall–Kier alpha value is -2.79. The molecule has 2 saturated heterocycles. The van der Waals surface area contributed by atoms with E-state index in [1.54, 1.807) is 13.3 Å². The molecule has 5 heterocycles. The average molecular weight is 507 g/mol. The number of amides is 1. The third kappa shape index (κ3) is 4.66. The lowest BCUT2D eigenvalue weighted by Gasteiger charge is -2.40. The number of nitrogens with zero attached hydrogens (tertiary/aromatic N) is 4. The highest BCUT2D eigenvalue weighted by Crippen LogP contribution is 2.38. The predicted octanol–water partition coefficient (Wildman–Crippen LogP) is 2.90. The van der Waals surface area contributed by atoms with E-state index in [-0.39, 0.29) is 5.91 Å². The summed E-state index contributed by atoms with van der Waals surface area (Å²) in [5.41, 5.74) is 3.18. The van der Waals surface area contributed by atoms with Gasteiger partial charge in [-0.15, -0.1) is 11.8 Å². The number of aromatic nitrogens is 3. The van der Waals surface area contributed by atoms with Crippen LogP contribution in [0, 0.1) is 0 Å². The molecule has 3 atom stereocenters. The molecular formula is C26H30N6O3S. The Morgan fingerprint density at radius 3 is 2.86 bits per heavy atom. The number of benzene rings is 1. The van der Waals surface area contributed by atoms with Crippen LogP contribution in [0.3, 0.4) is 0 Å². The minimum atomic E-state index is -0.643. The van der Waals surface area contributed by atoms with Crippen LogP contribution >= 0.6 is 11.8 Å². The summed E-state index contributed by atoms with van der Waals surface area (Å²) in [5, 5.41) is 17.8. The van der Waals surface area contributed by atoms with Gasteiger partial charge in [-0.2, -0.15) is 0 Å². The van der Waals surface area contributed by atoms with E-state index < -0.39 is 6.10 Å². The molecular weight excluding hydrogens is 476 g/mol. The molecule has 6 rings (SSSR count). The number of hydrogen-bond acceptors (Lipinski definition) is 9. The number of pyridine rings is 1. The van der Waals surface area contributed by atoms with E-state index in [1.807, 2.05) is 30.3 Å². The Kier molecular flexibility index (Phi) is 6.51. The number of aliphatic hydroxyl groups is 1. The molecule has 2 aromatic heterocycles. The summed E-state index contributed by atoms with van der Waals surface area (Å²) in [7, 11) is 1.57. The lowest BCUT2D eigenvalue weighted by Crippen LogP contribution is -2.50. The predicted molar refractivity (Wildman–Crippen MR) is 138 cm³/mol. The molecule has 2 fully saturated rings. The van der Waals surface area contributed by atoms with Gasteiger partial charge in [0.1, 0.15) is 5.82 Å². The number of thioether (sulfide) groups is 1. The van der Waals surface area contributed by atoms with Crippen molar-refractivity contribution in [2.24, 2.45) is 0 Å². The number of fused-ring (bicyclic) bond motifs is 4. The van der Waals surface area contributed by atoms with Crippen molar-refractivity contribution >= 4 is 34.5 Å². The first-order valence-electron chi connectivity index (χ1n) is 12.5. The fourth-order valence-electron chi connectivity index (χ4n) is 5.79. The maximum atomic E-state index is 11.7. The third-order valence-corrected chi connectivity index (χ3v) is 8.57. The highest BCUT2D eigenvalue weighted by atomic mass is 32.2. The van der Waals surface area contributed by atoms with Gasteiger partial charge in [0.15, 0.2) is 0 Å². The van der Waals surface area contributed by atoms with Crippen molar-refractivity contribution in [3.63, 3.8) is 0 Å². The van der Waals surface area contributed by atoms with Gasteiger partial charge < -0.3 is 20.5 Å². The molecule has 3 aromatic rings. The molecule has 0 radical (unpaired) electrons. The van der Waals surface area contributed by atoms with Crippen LogP contribution in [0.2, 0.25) is 0 Å². The zero-order chi connectivity index (χ0) is 24.6. The second kappa shape index (κ2) is 9.93. The number of carbonyl (C=O) groups is 1. The van der Waals surface area contributed by atoms with Crippen molar-refractivity contribution in [3.8, 4) is 5.88 Å². The smallest absolute Gasteiger partial charge is 0.235 e. The van der Waals surface area contributed by atoms with Crippen LogP contribution in [0.4, 0.5) is 5.82 Å². The molecule has 2 bridgehead atoms. The van der Waals surface area contributed by atoms with Crippen molar-refractivity contribution in [1.29, 1.82) is 0 Å². The number of aliphatic hydroxyl groups excluding tert-OH is 1. The summed E-state index contributed by atoms with van der Waals surface area (Å²) in [6.07, 6.45) is 5.35. The van der Waals surface area contributed by atoms with Crippen LogP contribution in [0.1, 0.15) is 43.0 Å². The molecule has 0 saturated carbocycles. The minimum absolute atomic E-state index is 0.00549. The fourth-order valence-corrected chi connectivity index (χ4v) is 6.55. The van der Waals surface area contributed by atoms with E-state index in [0.717, 1.165) is 47.4 Å². The van der Waals surface area contributed by atoms with Crippen LogP contribution in [0.15, 0.2) is 41.4 Å². The van der Waals surface area contributed by atoms with Crippen LogP contribution < -0.4 is 15.4 Å². The normalized spacial score (nSPS) is 24.4. The van der Waals surface area contributed by atoms with Crippen LogP contribution in [-0.2, 0) is 11.3 Å². The first-order valence-corrected chi connectivity index (χ1v) is 13.5. The highest BCUT2D eigenvalue weighted by molar-refractivity contribution is 8.00. The number of methoxy groups -OCH3 is 1. The van der Waals surface area contributed by atoms with Crippen LogP contribution in [0.25, 0.3) is 11.0 Å². The number of piperidine rings is 1. The van der Waals surface area contributed by atoms with E-state index in [2.05, 4.69) is 30.5 Å². The SMILES string of the molecule is COc1cnc2cccc(C(O)CN3C4CCC3CC(NCc3ccc5c(n3)NC(=O)CS5)C4)c2n1. The van der Waals surface area contributed by atoms with Crippen LogP contribution in [0.5, 0.6) is 5.88 Å². The Labute approximate surface area is 214 Å². The van der Waals surface area contributed by atoms with Gasteiger partial charge in [0.2, 0.25) is 11.8 Å². The minimum Gasteiger partial charge on any atom is -0.480 e. The van der Waals surface area contributed by atoms with E-state index in [0.29, 0.717) is 54.2 Å². The standard InChI is InChI=1S/C26H30N6O3S/c1-35-24-12-28-20-4-2-3-19(25(20)31-24)21(33)13-32-17-6-7-18(32)10-16(9-17)27-11-15-5-8-22-26(29-15)30-23(34)14-36-22/h2-5,8,12,16-18,21,27,33H,6-7,9-11,13-14H2,1H3,(H,29,30,34). The van der Waals surface area contributed by atoms with Gasteiger partial charge in [0.05, 0.1) is 46.8 Å². The lowest BCUT2D eigenvalue weighted by atomic mass is 9.95. The van der Waals surface area contributed by atoms with E-state index in [1.165, 1.54) is 11.8 Å². The van der Waals surface area contributed by atoms with Gasteiger partial charge >= 0.3 is 0 Å².